The van der Waals surface area contributed by atoms with Crippen LogP contribution in [-0.4, -0.2) is 30.1 Å². The molecule has 1 rings (SSSR count). The molecule has 5 nitrogen and oxygen atoms in total. The molecule has 1 unspecified atom stereocenters. The molecular weight excluding hydrogens is 232 g/mol. The van der Waals surface area contributed by atoms with Gasteiger partial charge < -0.3 is 15.7 Å². The Labute approximate surface area is 106 Å². The van der Waals surface area contributed by atoms with E-state index in [2.05, 4.69) is 10.6 Å². The first kappa shape index (κ1) is 14.2. The molecule has 0 fully saturated rings. The summed E-state index contributed by atoms with van der Waals surface area (Å²) >= 11 is 0. The van der Waals surface area contributed by atoms with Crippen molar-refractivity contribution in [1.29, 1.82) is 0 Å². The van der Waals surface area contributed by atoms with E-state index in [-0.39, 0.29) is 12.6 Å². The highest BCUT2D eigenvalue weighted by Crippen LogP contribution is 2.10. The van der Waals surface area contributed by atoms with Gasteiger partial charge in [-0.05, 0) is 18.9 Å². The van der Waals surface area contributed by atoms with Gasteiger partial charge in [0.15, 0.2) is 0 Å². The molecule has 0 saturated carbocycles. The molecule has 1 atom stereocenters. The molecule has 1 aromatic rings. The van der Waals surface area contributed by atoms with E-state index < -0.39 is 11.8 Å². The third-order valence-corrected chi connectivity index (χ3v) is 2.47. The normalized spacial score (nSPS) is 11.7. The quantitative estimate of drug-likeness (QED) is 0.521. The van der Waals surface area contributed by atoms with E-state index >= 15 is 0 Å². The third-order valence-electron chi connectivity index (χ3n) is 2.47. The van der Waals surface area contributed by atoms with Crippen molar-refractivity contribution >= 4 is 11.8 Å². The Hall–Kier alpha value is -1.88. The van der Waals surface area contributed by atoms with Gasteiger partial charge >= 0.3 is 11.8 Å². The summed E-state index contributed by atoms with van der Waals surface area (Å²) in [5.74, 6) is -1.34. The molecule has 0 aliphatic rings. The first-order valence-corrected chi connectivity index (χ1v) is 5.89. The Morgan fingerprint density at radius 1 is 1.22 bits per heavy atom. The molecular formula is C13H18N2O3. The number of amides is 2. The maximum atomic E-state index is 11.5. The molecule has 98 valence electrons. The molecule has 0 saturated heterocycles. The molecule has 0 bridgehead atoms. The van der Waals surface area contributed by atoms with E-state index in [1.165, 1.54) is 0 Å². The highest BCUT2D eigenvalue weighted by atomic mass is 16.3. The largest absolute Gasteiger partial charge is 0.396 e. The van der Waals surface area contributed by atoms with Crippen LogP contribution in [0.25, 0.3) is 0 Å². The maximum absolute atomic E-state index is 11.5. The summed E-state index contributed by atoms with van der Waals surface area (Å²) in [7, 11) is 0. The Morgan fingerprint density at radius 2 is 1.89 bits per heavy atom. The fourth-order valence-corrected chi connectivity index (χ4v) is 1.45. The lowest BCUT2D eigenvalue weighted by molar-refractivity contribution is -0.139. The number of carbonyl (C=O) groups is 2. The molecule has 5 heteroatoms. The molecule has 2 amide bonds. The summed E-state index contributed by atoms with van der Waals surface area (Å²) in [5.41, 5.74) is 0.939. The van der Waals surface area contributed by atoms with E-state index in [1.807, 2.05) is 37.3 Å². The highest BCUT2D eigenvalue weighted by Gasteiger charge is 2.15. The summed E-state index contributed by atoms with van der Waals surface area (Å²) in [6.45, 7) is 2.10. The Balaban J connectivity index is 2.42. The fraction of sp³-hybridized carbons (Fsp3) is 0.385. The van der Waals surface area contributed by atoms with Crippen molar-refractivity contribution in [3.05, 3.63) is 35.9 Å². The second kappa shape index (κ2) is 7.45. The van der Waals surface area contributed by atoms with Gasteiger partial charge in [0.25, 0.3) is 0 Å². The van der Waals surface area contributed by atoms with Gasteiger partial charge in [-0.1, -0.05) is 30.3 Å². The van der Waals surface area contributed by atoms with Crippen LogP contribution in [0.4, 0.5) is 0 Å². The van der Waals surface area contributed by atoms with Crippen LogP contribution in [0, 0.1) is 0 Å². The molecule has 0 radical (unpaired) electrons. The molecule has 0 aliphatic carbocycles. The topological polar surface area (TPSA) is 78.4 Å². The van der Waals surface area contributed by atoms with Crippen molar-refractivity contribution in [3.63, 3.8) is 0 Å². The van der Waals surface area contributed by atoms with Crippen molar-refractivity contribution in [2.75, 3.05) is 13.2 Å². The standard InChI is InChI=1S/C13H18N2O3/c1-10(11-6-3-2-4-7-11)15-13(18)12(17)14-8-5-9-16/h2-4,6-7,10,16H,5,8-9H2,1H3,(H,14,17)(H,15,18). The summed E-state index contributed by atoms with van der Waals surface area (Å²) in [6, 6.07) is 9.18. The first-order valence-electron chi connectivity index (χ1n) is 5.89. The van der Waals surface area contributed by atoms with Gasteiger partial charge in [0, 0.05) is 13.2 Å². The molecule has 18 heavy (non-hydrogen) atoms. The van der Waals surface area contributed by atoms with Gasteiger partial charge in [-0.3, -0.25) is 9.59 Å². The first-order chi connectivity index (χ1) is 8.65. The Kier molecular flexibility index (Phi) is 5.87. The number of benzene rings is 1. The van der Waals surface area contributed by atoms with Gasteiger partial charge in [0.1, 0.15) is 0 Å². The van der Waals surface area contributed by atoms with Crippen molar-refractivity contribution in [3.8, 4) is 0 Å². The van der Waals surface area contributed by atoms with Crippen LogP contribution in [0.3, 0.4) is 0 Å². The van der Waals surface area contributed by atoms with Crippen LogP contribution in [0.5, 0.6) is 0 Å². The lowest BCUT2D eigenvalue weighted by Crippen LogP contribution is -2.41. The van der Waals surface area contributed by atoms with Gasteiger partial charge in [-0.15, -0.1) is 0 Å². The van der Waals surface area contributed by atoms with E-state index in [0.717, 1.165) is 5.56 Å². The van der Waals surface area contributed by atoms with Crippen LogP contribution in [0.15, 0.2) is 30.3 Å². The van der Waals surface area contributed by atoms with Crippen molar-refractivity contribution in [2.24, 2.45) is 0 Å². The zero-order chi connectivity index (χ0) is 13.4. The SMILES string of the molecule is CC(NC(=O)C(=O)NCCCO)c1ccccc1. The zero-order valence-corrected chi connectivity index (χ0v) is 10.3. The minimum Gasteiger partial charge on any atom is -0.396 e. The average molecular weight is 250 g/mol. The predicted octanol–water partition coefficient (Wildman–Crippen LogP) is 0.362. The van der Waals surface area contributed by atoms with Gasteiger partial charge in [-0.25, -0.2) is 0 Å². The van der Waals surface area contributed by atoms with E-state index in [9.17, 15) is 9.59 Å². The predicted molar refractivity (Wildman–Crippen MR) is 67.7 cm³/mol. The third kappa shape index (κ3) is 4.55. The molecule has 0 spiro atoms. The number of aliphatic hydroxyl groups is 1. The minimum atomic E-state index is -0.675. The average Bonchev–Trinajstić information content (AvgIpc) is 2.39. The van der Waals surface area contributed by atoms with Crippen LogP contribution in [-0.2, 0) is 9.59 Å². The molecule has 0 aliphatic heterocycles. The zero-order valence-electron chi connectivity index (χ0n) is 10.3. The second-order valence-electron chi connectivity index (χ2n) is 3.94. The molecule has 0 aromatic heterocycles. The summed E-state index contributed by atoms with van der Waals surface area (Å²) in [6.07, 6.45) is 0.438. The van der Waals surface area contributed by atoms with Crippen molar-refractivity contribution < 1.29 is 14.7 Å². The van der Waals surface area contributed by atoms with Crippen molar-refractivity contribution in [2.45, 2.75) is 19.4 Å². The molecule has 1 aromatic carbocycles. The number of hydrogen-bond donors (Lipinski definition) is 3. The number of hydrogen-bond acceptors (Lipinski definition) is 3. The van der Waals surface area contributed by atoms with E-state index in [0.29, 0.717) is 13.0 Å². The van der Waals surface area contributed by atoms with E-state index in [4.69, 9.17) is 5.11 Å². The van der Waals surface area contributed by atoms with Crippen LogP contribution < -0.4 is 10.6 Å². The van der Waals surface area contributed by atoms with Crippen molar-refractivity contribution in [1.82, 2.24) is 10.6 Å². The van der Waals surface area contributed by atoms with E-state index in [1.54, 1.807) is 0 Å². The Morgan fingerprint density at radius 3 is 2.50 bits per heavy atom. The monoisotopic (exact) mass is 250 g/mol. The number of nitrogens with one attached hydrogen (secondary N) is 2. The summed E-state index contributed by atoms with van der Waals surface area (Å²) in [4.78, 5) is 22.9. The Bertz CT molecular complexity index is 392. The molecule has 3 N–H and O–H groups in total. The van der Waals surface area contributed by atoms with Gasteiger partial charge in [0.05, 0.1) is 6.04 Å². The maximum Gasteiger partial charge on any atom is 0.309 e. The number of aliphatic hydroxyl groups excluding tert-OH is 1. The van der Waals surface area contributed by atoms with Crippen LogP contribution >= 0.6 is 0 Å². The lowest BCUT2D eigenvalue weighted by atomic mass is 10.1. The minimum absolute atomic E-state index is 0.0116. The smallest absolute Gasteiger partial charge is 0.309 e. The lowest BCUT2D eigenvalue weighted by Gasteiger charge is -2.13. The summed E-state index contributed by atoms with van der Waals surface area (Å²) < 4.78 is 0. The highest BCUT2D eigenvalue weighted by molar-refractivity contribution is 6.35. The summed E-state index contributed by atoms with van der Waals surface area (Å²) in [5, 5.41) is 13.6. The van der Waals surface area contributed by atoms with Crippen LogP contribution in [0.1, 0.15) is 24.9 Å². The van der Waals surface area contributed by atoms with Crippen LogP contribution in [0.2, 0.25) is 0 Å². The number of rotatable bonds is 5. The fourth-order valence-electron chi connectivity index (χ4n) is 1.45. The second-order valence-corrected chi connectivity index (χ2v) is 3.94. The van der Waals surface area contributed by atoms with Gasteiger partial charge in [0.2, 0.25) is 0 Å². The number of carbonyl (C=O) groups excluding carboxylic acids is 2. The van der Waals surface area contributed by atoms with Gasteiger partial charge in [-0.2, -0.15) is 0 Å². The molecule has 0 heterocycles.